The summed E-state index contributed by atoms with van der Waals surface area (Å²) in [5.74, 6) is 0. The second kappa shape index (κ2) is 6.13. The van der Waals surface area contributed by atoms with E-state index in [1.807, 2.05) is 0 Å². The summed E-state index contributed by atoms with van der Waals surface area (Å²) in [5.41, 5.74) is 0. The van der Waals surface area contributed by atoms with Crippen molar-refractivity contribution in [1.82, 2.24) is 0 Å². The maximum absolute atomic E-state index is 11.2. The van der Waals surface area contributed by atoms with Gasteiger partial charge in [-0.2, -0.15) is 0 Å². The molecular formula is C6H12BO9P2-. The van der Waals surface area contributed by atoms with Crippen molar-refractivity contribution in [3.05, 3.63) is 0 Å². The molecule has 0 aromatic heterocycles. The van der Waals surface area contributed by atoms with Crippen LogP contribution in [-0.2, 0) is 32.0 Å². The van der Waals surface area contributed by atoms with Crippen LogP contribution in [0.4, 0.5) is 0 Å². The van der Waals surface area contributed by atoms with E-state index in [0.717, 1.165) is 14.2 Å². The average Bonchev–Trinajstić information content (AvgIpc) is 2.61. The van der Waals surface area contributed by atoms with Crippen molar-refractivity contribution in [2.45, 2.75) is 18.2 Å². The second-order valence-corrected chi connectivity index (χ2v) is 6.28. The van der Waals surface area contributed by atoms with Gasteiger partial charge in [-0.25, -0.2) is 4.57 Å². The van der Waals surface area contributed by atoms with Crippen molar-refractivity contribution in [2.24, 2.45) is 0 Å². The molecule has 0 bridgehead atoms. The molecule has 1 aliphatic rings. The van der Waals surface area contributed by atoms with Crippen LogP contribution in [-0.4, -0.2) is 51.8 Å². The Morgan fingerprint density at radius 1 is 1.33 bits per heavy atom. The smallest absolute Gasteiger partial charge is 0.472 e. The maximum atomic E-state index is 11.2. The summed E-state index contributed by atoms with van der Waals surface area (Å²) in [6.45, 7) is -0.219. The number of phosphoric ester groups is 2. The minimum Gasteiger partial charge on any atom is -0.756 e. The summed E-state index contributed by atoms with van der Waals surface area (Å²) in [6.07, 6.45) is -2.47. The third-order valence-electron chi connectivity index (χ3n) is 2.12. The Labute approximate surface area is 105 Å². The molecule has 1 aliphatic heterocycles. The fourth-order valence-electron chi connectivity index (χ4n) is 1.23. The van der Waals surface area contributed by atoms with E-state index in [4.69, 9.17) is 17.5 Å². The quantitative estimate of drug-likeness (QED) is 0.493. The van der Waals surface area contributed by atoms with Gasteiger partial charge in [0, 0.05) is 20.2 Å². The van der Waals surface area contributed by atoms with E-state index < -0.39 is 33.9 Å². The van der Waals surface area contributed by atoms with Gasteiger partial charge in [-0.05, 0) is 0 Å². The van der Waals surface area contributed by atoms with Gasteiger partial charge in [-0.1, -0.05) is 0 Å². The Morgan fingerprint density at radius 3 is 2.44 bits per heavy atom. The molecule has 0 aromatic rings. The summed E-state index contributed by atoms with van der Waals surface area (Å²) in [7, 11) is -1.59. The molecule has 2 unspecified atom stereocenters. The van der Waals surface area contributed by atoms with Crippen LogP contribution in [0.3, 0.4) is 0 Å². The monoisotopic (exact) mass is 301 g/mol. The van der Waals surface area contributed by atoms with Gasteiger partial charge in [0.05, 0.1) is 6.61 Å². The van der Waals surface area contributed by atoms with Crippen molar-refractivity contribution < 1.29 is 41.7 Å². The fraction of sp³-hybridized carbons (Fsp3) is 1.00. The standard InChI is InChI=1S/C6H13BO9P2/c1-12-17(8,9)15-4-3-14-6(7)5(4)16-18(10,11)13-2/h4-6H,3H2,1-2H3,(H,8,9)(H,10,11)/p-1/t4-,5-,6+/m0/s1. The van der Waals surface area contributed by atoms with Crippen LogP contribution in [0.2, 0.25) is 0 Å². The summed E-state index contributed by atoms with van der Waals surface area (Å²) in [5, 5.41) is 0. The lowest BCUT2D eigenvalue weighted by Crippen LogP contribution is -2.35. The first-order valence-corrected chi connectivity index (χ1v) is 7.65. The summed E-state index contributed by atoms with van der Waals surface area (Å²) >= 11 is 0. The Hall–Kier alpha value is 0.245. The van der Waals surface area contributed by atoms with Crippen molar-refractivity contribution in [3.8, 4) is 0 Å². The Kier molecular flexibility index (Phi) is 5.55. The van der Waals surface area contributed by atoms with E-state index in [9.17, 15) is 14.0 Å². The van der Waals surface area contributed by atoms with Gasteiger partial charge in [0.2, 0.25) is 0 Å². The Bertz CT molecular complexity index is 376. The number of rotatable bonds is 6. The SMILES string of the molecule is [B][C@@H]1OC[C@H](OP(=O)(O)OC)[C@@H]1OP(=O)([O-])OC. The summed E-state index contributed by atoms with van der Waals surface area (Å²) in [4.78, 5) is 20.3. The molecule has 1 N–H and O–H groups in total. The van der Waals surface area contributed by atoms with Crippen LogP contribution in [0.15, 0.2) is 0 Å². The molecule has 104 valence electrons. The molecule has 1 fully saturated rings. The lowest BCUT2D eigenvalue weighted by Gasteiger charge is -2.29. The molecule has 9 nitrogen and oxygen atoms in total. The number of hydrogen-bond acceptors (Lipinski definition) is 8. The first kappa shape index (κ1) is 16.3. The van der Waals surface area contributed by atoms with Gasteiger partial charge in [-0.3, -0.25) is 13.6 Å². The van der Waals surface area contributed by atoms with Gasteiger partial charge in [0.15, 0.2) is 0 Å². The molecule has 5 atom stereocenters. The van der Waals surface area contributed by atoms with Crippen LogP contribution >= 0.6 is 15.6 Å². The molecule has 1 saturated heterocycles. The van der Waals surface area contributed by atoms with Gasteiger partial charge >= 0.3 is 7.82 Å². The van der Waals surface area contributed by atoms with E-state index >= 15 is 0 Å². The van der Waals surface area contributed by atoms with Crippen LogP contribution in [0, 0.1) is 0 Å². The average molecular weight is 301 g/mol. The van der Waals surface area contributed by atoms with Gasteiger partial charge in [0.25, 0.3) is 7.82 Å². The molecule has 0 amide bonds. The number of hydrogen-bond donors (Lipinski definition) is 1. The van der Waals surface area contributed by atoms with Gasteiger partial charge in [-0.15, -0.1) is 0 Å². The molecule has 12 heteroatoms. The van der Waals surface area contributed by atoms with E-state index in [-0.39, 0.29) is 6.61 Å². The molecule has 2 radical (unpaired) electrons. The largest absolute Gasteiger partial charge is 0.756 e. The first-order valence-electron chi connectivity index (χ1n) is 4.70. The van der Waals surface area contributed by atoms with Crippen molar-refractivity contribution in [2.75, 3.05) is 20.8 Å². The van der Waals surface area contributed by atoms with Crippen LogP contribution in [0.5, 0.6) is 0 Å². The molecule has 0 spiro atoms. The minimum atomic E-state index is -4.57. The van der Waals surface area contributed by atoms with Gasteiger partial charge < -0.3 is 23.6 Å². The highest BCUT2D eigenvalue weighted by Crippen LogP contribution is 2.48. The zero-order valence-electron chi connectivity index (χ0n) is 9.62. The molecule has 18 heavy (non-hydrogen) atoms. The highest BCUT2D eigenvalue weighted by molar-refractivity contribution is 7.47. The van der Waals surface area contributed by atoms with Crippen molar-refractivity contribution in [1.29, 1.82) is 0 Å². The van der Waals surface area contributed by atoms with Crippen LogP contribution in [0.25, 0.3) is 0 Å². The Balaban J connectivity index is 2.74. The van der Waals surface area contributed by atoms with Crippen LogP contribution < -0.4 is 4.89 Å². The highest BCUT2D eigenvalue weighted by atomic mass is 31.2. The number of phosphoric acid groups is 2. The molecule has 1 heterocycles. The third kappa shape index (κ3) is 4.41. The predicted octanol–water partition coefficient (Wildman–Crippen LogP) is -0.857. The molecule has 1 rings (SSSR count). The lowest BCUT2D eigenvalue weighted by atomic mass is 9.94. The normalized spacial score (nSPS) is 35.0. The molecular weight excluding hydrogens is 289 g/mol. The van der Waals surface area contributed by atoms with E-state index in [1.165, 1.54) is 0 Å². The zero-order valence-corrected chi connectivity index (χ0v) is 11.4. The van der Waals surface area contributed by atoms with E-state index in [2.05, 4.69) is 18.1 Å². The van der Waals surface area contributed by atoms with Crippen LogP contribution in [0.1, 0.15) is 0 Å². The molecule has 0 aliphatic carbocycles. The number of ether oxygens (including phenoxy) is 1. The van der Waals surface area contributed by atoms with Crippen molar-refractivity contribution in [3.63, 3.8) is 0 Å². The van der Waals surface area contributed by atoms with Crippen molar-refractivity contribution >= 4 is 23.5 Å². The summed E-state index contributed by atoms with van der Waals surface area (Å²) < 4.78 is 44.8. The maximum Gasteiger partial charge on any atom is 0.472 e. The summed E-state index contributed by atoms with van der Waals surface area (Å²) in [6, 6.07) is -1.13. The molecule has 0 aromatic carbocycles. The minimum absolute atomic E-state index is 0.219. The second-order valence-electron chi connectivity index (χ2n) is 3.29. The topological polar surface area (TPSA) is 124 Å². The Morgan fingerprint density at radius 2 is 1.94 bits per heavy atom. The first-order chi connectivity index (χ1) is 8.21. The zero-order chi connectivity index (χ0) is 14.0. The van der Waals surface area contributed by atoms with E-state index in [1.54, 1.807) is 0 Å². The fourth-order valence-corrected chi connectivity index (χ4v) is 2.48. The molecule has 0 saturated carbocycles. The lowest BCUT2D eigenvalue weighted by molar-refractivity contribution is -0.229. The predicted molar refractivity (Wildman–Crippen MR) is 56.7 cm³/mol. The third-order valence-corrected chi connectivity index (χ3v) is 4.06. The van der Waals surface area contributed by atoms with E-state index in [0.29, 0.717) is 0 Å². The van der Waals surface area contributed by atoms with Gasteiger partial charge in [0.1, 0.15) is 20.1 Å². The highest BCUT2D eigenvalue weighted by Gasteiger charge is 2.42.